The number of hydrogen-bond acceptors (Lipinski definition) is 4. The Labute approximate surface area is 170 Å². The van der Waals surface area contributed by atoms with Gasteiger partial charge in [-0.25, -0.2) is 0 Å². The lowest BCUT2D eigenvalue weighted by molar-refractivity contribution is 0.511. The van der Waals surface area contributed by atoms with Gasteiger partial charge in [-0.2, -0.15) is 0 Å². The molecular weight excluding hydrogens is 369 g/mol. The lowest BCUT2D eigenvalue weighted by Gasteiger charge is -2.34. The molecule has 145 valence electrons. The van der Waals surface area contributed by atoms with E-state index in [1.165, 1.54) is 28.1 Å². The predicted molar refractivity (Wildman–Crippen MR) is 125 cm³/mol. The van der Waals surface area contributed by atoms with Crippen LogP contribution in [0.3, 0.4) is 0 Å². The Bertz CT molecular complexity index is 721. The maximum Gasteiger partial charge on any atom is 0.156 e. The second kappa shape index (κ2) is 10.2. The number of fused-ring (bicyclic) bond motifs is 1. The topological polar surface area (TPSA) is 21.8 Å². The summed E-state index contributed by atoms with van der Waals surface area (Å²) in [6, 6.07) is 0.193. The van der Waals surface area contributed by atoms with E-state index in [1.54, 1.807) is 0 Å². The minimum Gasteiger partial charge on any atom is -0.394 e. The molecule has 3 atom stereocenters. The van der Waals surface area contributed by atoms with Crippen molar-refractivity contribution in [3.63, 3.8) is 0 Å². The van der Waals surface area contributed by atoms with Crippen molar-refractivity contribution in [3.05, 3.63) is 71.0 Å². The SMILES string of the molecule is CC/C=C1\C=C(/C)N(P)/C(C)=C(/C=C\NC)C[B]C2=CN(C)C=CC2N1P. The van der Waals surface area contributed by atoms with Crippen LogP contribution in [0.4, 0.5) is 0 Å². The zero-order chi connectivity index (χ0) is 20.0. The monoisotopic (exact) mass is 401 g/mol. The van der Waals surface area contributed by atoms with Crippen molar-refractivity contribution in [2.45, 2.75) is 39.6 Å². The molecule has 0 aromatic rings. The Morgan fingerprint density at radius 2 is 2.07 bits per heavy atom. The molecule has 2 heterocycles. The van der Waals surface area contributed by atoms with E-state index < -0.39 is 0 Å². The fraction of sp³-hybridized carbons (Fsp3) is 0.400. The van der Waals surface area contributed by atoms with E-state index in [0.717, 1.165) is 12.7 Å². The molecule has 0 saturated heterocycles. The maximum atomic E-state index is 3.11. The van der Waals surface area contributed by atoms with Gasteiger partial charge >= 0.3 is 0 Å². The van der Waals surface area contributed by atoms with Crippen molar-refractivity contribution in [2.75, 3.05) is 14.1 Å². The number of nitrogens with one attached hydrogen (secondary N) is 1. The van der Waals surface area contributed by atoms with Gasteiger partial charge < -0.3 is 19.6 Å². The van der Waals surface area contributed by atoms with E-state index >= 15 is 0 Å². The van der Waals surface area contributed by atoms with Crippen molar-refractivity contribution in [3.8, 4) is 0 Å². The standard InChI is InChI=1S/C20H32BN4P2/c1-6-7-18-12-15(2)24(26)16(3)17(8-10-22-4)13-21-19-14-23(5)11-9-20(19)25(18)27/h7-12,14,20,22H,6,13,26-27H2,1-5H3/b10-8-,15-12+,17-16-,18-7+. The zero-order valence-electron chi connectivity index (χ0n) is 17.1. The third kappa shape index (κ3) is 5.53. The van der Waals surface area contributed by atoms with Gasteiger partial charge in [0.2, 0.25) is 0 Å². The van der Waals surface area contributed by atoms with Crippen molar-refractivity contribution < 1.29 is 0 Å². The van der Waals surface area contributed by atoms with Crippen molar-refractivity contribution in [2.24, 2.45) is 0 Å². The molecule has 2 aliphatic heterocycles. The van der Waals surface area contributed by atoms with E-state index in [4.69, 9.17) is 0 Å². The van der Waals surface area contributed by atoms with Crippen LogP contribution in [0.1, 0.15) is 27.2 Å². The van der Waals surface area contributed by atoms with Crippen LogP contribution in [-0.4, -0.2) is 41.7 Å². The van der Waals surface area contributed by atoms with Gasteiger partial charge in [0.25, 0.3) is 0 Å². The Hall–Kier alpha value is -1.44. The van der Waals surface area contributed by atoms with Crippen molar-refractivity contribution in [1.82, 2.24) is 19.6 Å². The maximum absolute atomic E-state index is 3.11. The highest BCUT2D eigenvalue weighted by atomic mass is 31.0. The van der Waals surface area contributed by atoms with Crippen LogP contribution in [0.2, 0.25) is 6.32 Å². The first kappa shape index (κ1) is 21.9. The van der Waals surface area contributed by atoms with Crippen LogP contribution in [-0.2, 0) is 0 Å². The molecular formula is C20H32BN4P2. The van der Waals surface area contributed by atoms with Gasteiger partial charge in [-0.15, -0.1) is 0 Å². The molecule has 0 fully saturated rings. The summed E-state index contributed by atoms with van der Waals surface area (Å²) >= 11 is 0. The summed E-state index contributed by atoms with van der Waals surface area (Å²) in [6.45, 7) is 6.50. The second-order valence-electron chi connectivity index (χ2n) is 6.82. The molecule has 0 aliphatic carbocycles. The summed E-state index contributed by atoms with van der Waals surface area (Å²) in [4.78, 5) is 2.12. The molecule has 3 unspecified atom stereocenters. The molecule has 0 spiro atoms. The van der Waals surface area contributed by atoms with Crippen LogP contribution in [0, 0.1) is 0 Å². The summed E-state index contributed by atoms with van der Waals surface area (Å²) in [5, 5.41) is 3.11. The third-order valence-corrected chi connectivity index (χ3v) is 6.19. The molecule has 27 heavy (non-hydrogen) atoms. The average molecular weight is 401 g/mol. The number of rotatable bonds is 3. The predicted octanol–water partition coefficient (Wildman–Crippen LogP) is 4.18. The number of hydrogen-bond donors (Lipinski definition) is 1. The Balaban J connectivity index is 2.56. The number of allylic oxidation sites excluding steroid dienone is 6. The van der Waals surface area contributed by atoms with Gasteiger partial charge in [-0.05, 0) is 81.6 Å². The highest BCUT2D eigenvalue weighted by Gasteiger charge is 2.23. The van der Waals surface area contributed by atoms with Gasteiger partial charge in [-0.3, -0.25) is 0 Å². The van der Waals surface area contributed by atoms with Gasteiger partial charge in [0.1, 0.15) is 0 Å². The van der Waals surface area contributed by atoms with E-state index in [-0.39, 0.29) is 6.04 Å². The molecule has 7 heteroatoms. The normalized spacial score (nSPS) is 27.7. The molecule has 0 bridgehead atoms. The van der Waals surface area contributed by atoms with E-state index in [1.807, 2.05) is 13.2 Å². The zero-order valence-corrected chi connectivity index (χ0v) is 19.4. The minimum absolute atomic E-state index is 0.193. The fourth-order valence-electron chi connectivity index (χ4n) is 3.17. The van der Waals surface area contributed by atoms with E-state index in [9.17, 15) is 0 Å². The quantitative estimate of drug-likeness (QED) is 0.566. The lowest BCUT2D eigenvalue weighted by Crippen LogP contribution is -2.32. The van der Waals surface area contributed by atoms with Crippen LogP contribution < -0.4 is 5.32 Å². The van der Waals surface area contributed by atoms with Crippen LogP contribution in [0.25, 0.3) is 0 Å². The largest absolute Gasteiger partial charge is 0.394 e. The molecule has 2 aliphatic rings. The summed E-state index contributed by atoms with van der Waals surface area (Å²) in [7, 11) is 12.1. The van der Waals surface area contributed by atoms with Crippen molar-refractivity contribution in [1.29, 1.82) is 0 Å². The second-order valence-corrected chi connectivity index (χ2v) is 7.89. The highest BCUT2D eigenvalue weighted by molar-refractivity contribution is 7.14. The summed E-state index contributed by atoms with van der Waals surface area (Å²) < 4.78 is 4.47. The smallest absolute Gasteiger partial charge is 0.156 e. The van der Waals surface area contributed by atoms with Gasteiger partial charge in [0, 0.05) is 37.4 Å². The van der Waals surface area contributed by atoms with Crippen LogP contribution >= 0.6 is 18.8 Å². The first-order valence-electron chi connectivity index (χ1n) is 9.35. The summed E-state index contributed by atoms with van der Waals surface area (Å²) in [6.07, 6.45) is 17.1. The molecule has 4 nitrogen and oxygen atoms in total. The first-order chi connectivity index (χ1) is 12.9. The lowest BCUT2D eigenvalue weighted by atomic mass is 9.61. The number of nitrogens with zero attached hydrogens (tertiary/aromatic N) is 3. The third-order valence-electron chi connectivity index (χ3n) is 4.78. The van der Waals surface area contributed by atoms with E-state index in [2.05, 4.69) is 110 Å². The molecule has 0 aromatic heterocycles. The summed E-state index contributed by atoms with van der Waals surface area (Å²) in [5.74, 6) is 0. The molecule has 1 N–H and O–H groups in total. The van der Waals surface area contributed by atoms with Gasteiger partial charge in [0.05, 0.1) is 6.04 Å². The molecule has 1 radical (unpaired) electrons. The Morgan fingerprint density at radius 3 is 2.74 bits per heavy atom. The molecule has 2 rings (SSSR count). The fourth-order valence-corrected chi connectivity index (χ4v) is 3.86. The molecule has 0 saturated carbocycles. The Morgan fingerprint density at radius 1 is 1.33 bits per heavy atom. The van der Waals surface area contributed by atoms with Crippen molar-refractivity contribution >= 4 is 26.1 Å². The van der Waals surface area contributed by atoms with Gasteiger partial charge in [-0.1, -0.05) is 18.5 Å². The minimum atomic E-state index is 0.193. The average Bonchev–Trinajstić information content (AvgIpc) is 2.66. The molecule has 0 aromatic carbocycles. The van der Waals surface area contributed by atoms with Crippen LogP contribution in [0.5, 0.6) is 0 Å². The van der Waals surface area contributed by atoms with Gasteiger partial charge in [0.15, 0.2) is 7.28 Å². The molecule has 0 amide bonds. The Kier molecular flexibility index (Phi) is 8.26. The van der Waals surface area contributed by atoms with E-state index in [0.29, 0.717) is 0 Å². The highest BCUT2D eigenvalue weighted by Crippen LogP contribution is 2.31. The van der Waals surface area contributed by atoms with Crippen LogP contribution in [0.15, 0.2) is 71.0 Å². The summed E-state index contributed by atoms with van der Waals surface area (Å²) in [5.41, 5.74) is 6.18. The first-order valence-corrected chi connectivity index (χ1v) is 10.4.